The van der Waals surface area contributed by atoms with Gasteiger partial charge >= 0.3 is 0 Å². The molecule has 0 atom stereocenters. The summed E-state index contributed by atoms with van der Waals surface area (Å²) in [6.45, 7) is 1.72. The maximum absolute atomic E-state index is 12.8. The highest BCUT2D eigenvalue weighted by molar-refractivity contribution is 7.89. The fourth-order valence-corrected chi connectivity index (χ4v) is 3.77. The van der Waals surface area contributed by atoms with Gasteiger partial charge in [0.1, 0.15) is 0 Å². The Bertz CT molecular complexity index is 1070. The molecule has 0 saturated carbocycles. The molecule has 0 aliphatic carbocycles. The second-order valence-electron chi connectivity index (χ2n) is 6.19. The maximum atomic E-state index is 12.8. The average Bonchev–Trinajstić information content (AvgIpc) is 3.17. The van der Waals surface area contributed by atoms with Crippen LogP contribution in [0.15, 0.2) is 65.8 Å². The van der Waals surface area contributed by atoms with Gasteiger partial charge in [-0.3, -0.25) is 4.79 Å². The van der Waals surface area contributed by atoms with Crippen molar-refractivity contribution in [2.45, 2.75) is 11.8 Å². The lowest BCUT2D eigenvalue weighted by molar-refractivity contribution is 0.102. The van der Waals surface area contributed by atoms with Crippen LogP contribution >= 0.6 is 0 Å². The summed E-state index contributed by atoms with van der Waals surface area (Å²) >= 11 is 0. The number of sulfonamides is 1. The van der Waals surface area contributed by atoms with Crippen LogP contribution in [-0.4, -0.2) is 42.5 Å². The number of carbonyl (C=O) groups excluding carboxylic acids is 1. The van der Waals surface area contributed by atoms with Crippen LogP contribution in [0, 0.1) is 6.92 Å². The molecule has 0 unspecified atom stereocenters. The first-order valence-electron chi connectivity index (χ1n) is 8.24. The minimum atomic E-state index is -3.61. The molecule has 7 nitrogen and oxygen atoms in total. The third-order valence-electron chi connectivity index (χ3n) is 4.10. The second-order valence-corrected chi connectivity index (χ2v) is 8.31. The smallest absolute Gasteiger partial charge is 0.257 e. The lowest BCUT2D eigenvalue weighted by Crippen LogP contribution is -2.23. The van der Waals surface area contributed by atoms with Gasteiger partial charge in [-0.05, 0) is 42.8 Å². The van der Waals surface area contributed by atoms with Gasteiger partial charge in [-0.25, -0.2) is 17.4 Å². The Balaban J connectivity index is 1.95. The number of para-hydroxylation sites is 1. The van der Waals surface area contributed by atoms with Gasteiger partial charge in [-0.2, -0.15) is 5.10 Å². The highest BCUT2D eigenvalue weighted by Crippen LogP contribution is 2.23. The molecule has 0 fully saturated rings. The third-order valence-corrected chi connectivity index (χ3v) is 6.06. The maximum Gasteiger partial charge on any atom is 0.257 e. The molecule has 1 heterocycles. The molecule has 3 rings (SSSR count). The fraction of sp³-hybridized carbons (Fsp3) is 0.158. The van der Waals surface area contributed by atoms with E-state index in [9.17, 15) is 13.2 Å². The number of aromatic nitrogens is 2. The zero-order chi connectivity index (χ0) is 19.6. The van der Waals surface area contributed by atoms with Gasteiger partial charge in [0.05, 0.1) is 16.1 Å². The summed E-state index contributed by atoms with van der Waals surface area (Å²) in [4.78, 5) is 13.0. The average molecular weight is 384 g/mol. The second kappa shape index (κ2) is 7.34. The first-order chi connectivity index (χ1) is 12.8. The Kier molecular flexibility index (Phi) is 5.11. The van der Waals surface area contributed by atoms with Crippen LogP contribution in [0.3, 0.4) is 0 Å². The van der Waals surface area contributed by atoms with E-state index in [1.54, 1.807) is 60.4 Å². The van der Waals surface area contributed by atoms with Crippen molar-refractivity contribution in [1.82, 2.24) is 14.1 Å². The molecular weight excluding hydrogens is 364 g/mol. The molecule has 140 valence electrons. The molecule has 0 spiro atoms. The molecule has 1 N–H and O–H groups in total. The molecule has 0 aliphatic heterocycles. The SMILES string of the molecule is Cc1ccc(NC(=O)c2ccccc2-n2cccn2)cc1S(=O)(=O)N(C)C. The predicted molar refractivity (Wildman–Crippen MR) is 104 cm³/mol. The normalized spacial score (nSPS) is 11.6. The topological polar surface area (TPSA) is 84.3 Å². The Morgan fingerprint density at radius 1 is 1.11 bits per heavy atom. The van der Waals surface area contributed by atoms with Crippen LogP contribution in [0.2, 0.25) is 0 Å². The number of aryl methyl sites for hydroxylation is 1. The van der Waals surface area contributed by atoms with Crippen LogP contribution in [0.4, 0.5) is 5.69 Å². The largest absolute Gasteiger partial charge is 0.322 e. The summed E-state index contributed by atoms with van der Waals surface area (Å²) in [5.41, 5.74) is 2.08. The molecule has 3 aromatic rings. The molecule has 2 aromatic carbocycles. The van der Waals surface area contributed by atoms with E-state index >= 15 is 0 Å². The number of anilines is 1. The van der Waals surface area contributed by atoms with Gasteiger partial charge in [0.15, 0.2) is 0 Å². The molecular formula is C19H20N4O3S. The summed E-state index contributed by atoms with van der Waals surface area (Å²) in [5.74, 6) is -0.349. The zero-order valence-electron chi connectivity index (χ0n) is 15.2. The molecule has 1 amide bonds. The van der Waals surface area contributed by atoms with Gasteiger partial charge in [-0.15, -0.1) is 0 Å². The van der Waals surface area contributed by atoms with E-state index in [0.717, 1.165) is 4.31 Å². The molecule has 0 aliphatic rings. The van der Waals surface area contributed by atoms with E-state index in [1.165, 1.54) is 20.2 Å². The number of carbonyl (C=O) groups is 1. The number of amides is 1. The number of nitrogens with one attached hydrogen (secondary N) is 1. The van der Waals surface area contributed by atoms with Crippen molar-refractivity contribution >= 4 is 21.6 Å². The number of benzene rings is 2. The third kappa shape index (κ3) is 3.76. The zero-order valence-corrected chi connectivity index (χ0v) is 16.1. The summed E-state index contributed by atoms with van der Waals surface area (Å²) < 4.78 is 27.7. The van der Waals surface area contributed by atoms with Crippen molar-refractivity contribution in [2.24, 2.45) is 0 Å². The first-order valence-corrected chi connectivity index (χ1v) is 9.68. The molecule has 8 heteroatoms. The standard InChI is InChI=1S/C19H20N4O3S/c1-14-9-10-15(13-18(14)27(25,26)22(2)3)21-19(24)16-7-4-5-8-17(16)23-12-6-11-20-23/h4-13H,1-3H3,(H,21,24). The molecule has 27 heavy (non-hydrogen) atoms. The van der Waals surface area contributed by atoms with Gasteiger partial charge in [0.25, 0.3) is 5.91 Å². The van der Waals surface area contributed by atoms with E-state index in [0.29, 0.717) is 22.5 Å². The minimum Gasteiger partial charge on any atom is -0.322 e. The minimum absolute atomic E-state index is 0.158. The van der Waals surface area contributed by atoms with Crippen LogP contribution in [-0.2, 0) is 10.0 Å². The summed E-state index contributed by atoms with van der Waals surface area (Å²) in [5, 5.41) is 6.94. The van der Waals surface area contributed by atoms with Gasteiger partial charge in [0.2, 0.25) is 10.0 Å². The van der Waals surface area contributed by atoms with Crippen molar-refractivity contribution in [1.29, 1.82) is 0 Å². The van der Waals surface area contributed by atoms with E-state index in [1.807, 2.05) is 6.07 Å². The Hall–Kier alpha value is -2.97. The van der Waals surface area contributed by atoms with E-state index in [-0.39, 0.29) is 10.8 Å². The number of hydrogen-bond acceptors (Lipinski definition) is 4. The summed E-state index contributed by atoms with van der Waals surface area (Å²) in [6, 6.07) is 13.7. The van der Waals surface area contributed by atoms with Crippen LogP contribution < -0.4 is 5.32 Å². The summed E-state index contributed by atoms with van der Waals surface area (Å²) in [7, 11) is -0.661. The van der Waals surface area contributed by atoms with Gasteiger partial charge < -0.3 is 5.32 Å². The number of hydrogen-bond donors (Lipinski definition) is 1. The summed E-state index contributed by atoms with van der Waals surface area (Å²) in [6.07, 6.45) is 3.38. The number of rotatable bonds is 5. The van der Waals surface area contributed by atoms with Crippen molar-refractivity contribution in [2.75, 3.05) is 19.4 Å². The fourth-order valence-electron chi connectivity index (χ4n) is 2.63. The number of nitrogens with zero attached hydrogens (tertiary/aromatic N) is 3. The predicted octanol–water partition coefficient (Wildman–Crippen LogP) is 2.68. The molecule has 1 aromatic heterocycles. The van der Waals surface area contributed by atoms with Crippen LogP contribution in [0.5, 0.6) is 0 Å². The van der Waals surface area contributed by atoms with Crippen molar-refractivity contribution in [3.05, 3.63) is 72.1 Å². The molecule has 0 saturated heterocycles. The monoisotopic (exact) mass is 384 g/mol. The lowest BCUT2D eigenvalue weighted by Gasteiger charge is -2.15. The van der Waals surface area contributed by atoms with Crippen LogP contribution in [0.25, 0.3) is 5.69 Å². The highest BCUT2D eigenvalue weighted by Gasteiger charge is 2.21. The van der Waals surface area contributed by atoms with E-state index in [2.05, 4.69) is 10.4 Å². The quantitative estimate of drug-likeness (QED) is 0.733. The molecule has 0 radical (unpaired) electrons. The van der Waals surface area contributed by atoms with Crippen molar-refractivity contribution < 1.29 is 13.2 Å². The Labute approximate surface area is 158 Å². The van der Waals surface area contributed by atoms with Crippen molar-refractivity contribution in [3.63, 3.8) is 0 Å². The van der Waals surface area contributed by atoms with Gasteiger partial charge in [0, 0.05) is 32.2 Å². The van der Waals surface area contributed by atoms with Gasteiger partial charge in [-0.1, -0.05) is 18.2 Å². The molecule has 0 bridgehead atoms. The highest BCUT2D eigenvalue weighted by atomic mass is 32.2. The van der Waals surface area contributed by atoms with Crippen LogP contribution in [0.1, 0.15) is 15.9 Å². The van der Waals surface area contributed by atoms with E-state index in [4.69, 9.17) is 0 Å². The lowest BCUT2D eigenvalue weighted by atomic mass is 10.1. The Morgan fingerprint density at radius 3 is 2.52 bits per heavy atom. The first kappa shape index (κ1) is 18.8. The Morgan fingerprint density at radius 2 is 1.85 bits per heavy atom. The van der Waals surface area contributed by atoms with Crippen molar-refractivity contribution in [3.8, 4) is 5.69 Å². The van der Waals surface area contributed by atoms with E-state index < -0.39 is 10.0 Å².